The Labute approximate surface area is 107 Å². The van der Waals surface area contributed by atoms with Crippen LogP contribution in [0.25, 0.3) is 0 Å². The predicted octanol–water partition coefficient (Wildman–Crippen LogP) is 0.978. The van der Waals surface area contributed by atoms with E-state index in [9.17, 15) is 8.42 Å². The van der Waals surface area contributed by atoms with E-state index in [0.29, 0.717) is 23.2 Å². The Bertz CT molecular complexity index is 587. The monoisotopic (exact) mass is 267 g/mol. The van der Waals surface area contributed by atoms with Crippen LogP contribution < -0.4 is 9.62 Å². The maximum atomic E-state index is 12.2. The Kier molecular flexibility index (Phi) is 2.44. The van der Waals surface area contributed by atoms with Crippen molar-refractivity contribution in [2.45, 2.75) is 30.7 Å². The summed E-state index contributed by atoms with van der Waals surface area (Å²) < 4.78 is 27.1. The summed E-state index contributed by atoms with van der Waals surface area (Å²) >= 11 is 0. The SMILES string of the molecule is C[C@H]1CCN2c3ncccc3S(=O)(=O)NC[C@@]12C. The van der Waals surface area contributed by atoms with E-state index in [1.807, 2.05) is 0 Å². The van der Waals surface area contributed by atoms with Gasteiger partial charge in [0, 0.05) is 19.3 Å². The number of nitrogens with zero attached hydrogens (tertiary/aromatic N) is 2. The van der Waals surface area contributed by atoms with Crippen molar-refractivity contribution in [2.75, 3.05) is 18.0 Å². The van der Waals surface area contributed by atoms with E-state index in [1.54, 1.807) is 18.3 Å². The third-order valence-electron chi connectivity index (χ3n) is 4.38. The van der Waals surface area contributed by atoms with E-state index in [4.69, 9.17) is 0 Å². The van der Waals surface area contributed by atoms with Crippen molar-refractivity contribution in [3.8, 4) is 0 Å². The van der Waals surface area contributed by atoms with E-state index in [-0.39, 0.29) is 5.54 Å². The molecular formula is C12H17N3O2S. The van der Waals surface area contributed by atoms with Gasteiger partial charge in [-0.25, -0.2) is 18.1 Å². The number of anilines is 1. The molecule has 0 bridgehead atoms. The first-order valence-corrected chi connectivity index (χ1v) is 7.66. The number of sulfonamides is 1. The number of fused-ring (bicyclic) bond motifs is 3. The number of rotatable bonds is 0. The molecule has 18 heavy (non-hydrogen) atoms. The Balaban J connectivity index is 2.23. The lowest BCUT2D eigenvalue weighted by Crippen LogP contribution is -2.51. The highest BCUT2D eigenvalue weighted by Crippen LogP contribution is 2.41. The summed E-state index contributed by atoms with van der Waals surface area (Å²) in [6.45, 7) is 5.57. The second-order valence-electron chi connectivity index (χ2n) is 5.35. The zero-order valence-corrected chi connectivity index (χ0v) is 11.4. The molecule has 0 aromatic carbocycles. The quantitative estimate of drug-likeness (QED) is 0.761. The molecule has 0 aliphatic carbocycles. The summed E-state index contributed by atoms with van der Waals surface area (Å²) in [4.78, 5) is 6.74. The van der Waals surface area contributed by atoms with Gasteiger partial charge in [-0.1, -0.05) is 6.92 Å². The number of aromatic nitrogens is 1. The molecule has 1 fully saturated rings. The topological polar surface area (TPSA) is 62.3 Å². The third kappa shape index (κ3) is 1.48. The van der Waals surface area contributed by atoms with Crippen molar-refractivity contribution in [3.05, 3.63) is 18.3 Å². The van der Waals surface area contributed by atoms with Crippen LogP contribution in [0.4, 0.5) is 5.82 Å². The number of hydrogen-bond acceptors (Lipinski definition) is 4. The van der Waals surface area contributed by atoms with Crippen molar-refractivity contribution in [2.24, 2.45) is 5.92 Å². The molecule has 1 aromatic heterocycles. The van der Waals surface area contributed by atoms with Gasteiger partial charge in [0.15, 0.2) is 0 Å². The third-order valence-corrected chi connectivity index (χ3v) is 5.80. The van der Waals surface area contributed by atoms with E-state index in [0.717, 1.165) is 13.0 Å². The number of hydrogen-bond donors (Lipinski definition) is 1. The first kappa shape index (κ1) is 11.9. The molecule has 3 rings (SSSR count). The lowest BCUT2D eigenvalue weighted by atomic mass is 9.88. The first-order chi connectivity index (χ1) is 8.45. The average molecular weight is 267 g/mol. The minimum Gasteiger partial charge on any atom is -0.348 e. The van der Waals surface area contributed by atoms with Crippen LogP contribution in [-0.2, 0) is 10.0 Å². The fourth-order valence-corrected chi connectivity index (χ4v) is 4.18. The van der Waals surface area contributed by atoms with E-state index < -0.39 is 10.0 Å². The maximum absolute atomic E-state index is 12.2. The summed E-state index contributed by atoms with van der Waals surface area (Å²) in [5.41, 5.74) is -0.188. The summed E-state index contributed by atoms with van der Waals surface area (Å²) in [6.07, 6.45) is 2.72. The number of nitrogens with one attached hydrogen (secondary N) is 1. The molecule has 98 valence electrons. The molecule has 2 atom stereocenters. The van der Waals surface area contributed by atoms with E-state index in [2.05, 4.69) is 28.5 Å². The van der Waals surface area contributed by atoms with Gasteiger partial charge in [0.1, 0.15) is 10.7 Å². The van der Waals surface area contributed by atoms with Gasteiger partial charge in [-0.2, -0.15) is 0 Å². The van der Waals surface area contributed by atoms with Crippen LogP contribution in [0.3, 0.4) is 0 Å². The molecule has 6 heteroatoms. The largest absolute Gasteiger partial charge is 0.348 e. The molecular weight excluding hydrogens is 250 g/mol. The van der Waals surface area contributed by atoms with Crippen LogP contribution in [0.5, 0.6) is 0 Å². The second kappa shape index (κ2) is 3.68. The normalized spacial score (nSPS) is 33.7. The Hall–Kier alpha value is -1.14. The highest BCUT2D eigenvalue weighted by Gasteiger charge is 2.47. The molecule has 0 saturated carbocycles. The highest BCUT2D eigenvalue weighted by atomic mass is 32.2. The van der Waals surface area contributed by atoms with Gasteiger partial charge in [-0.3, -0.25) is 0 Å². The summed E-state index contributed by atoms with van der Waals surface area (Å²) in [5, 5.41) is 0. The van der Waals surface area contributed by atoms with Crippen LogP contribution in [0.1, 0.15) is 20.3 Å². The summed E-state index contributed by atoms with van der Waals surface area (Å²) in [6, 6.07) is 3.29. The van der Waals surface area contributed by atoms with Crippen molar-refractivity contribution in [1.29, 1.82) is 0 Å². The zero-order chi connectivity index (χ0) is 13.0. The van der Waals surface area contributed by atoms with Crippen molar-refractivity contribution < 1.29 is 8.42 Å². The zero-order valence-electron chi connectivity index (χ0n) is 10.5. The van der Waals surface area contributed by atoms with Crippen LogP contribution in [0, 0.1) is 5.92 Å². The summed E-state index contributed by atoms with van der Waals surface area (Å²) in [5.74, 6) is 1.03. The molecule has 3 heterocycles. The van der Waals surface area contributed by atoms with Gasteiger partial charge in [0.25, 0.3) is 0 Å². The molecule has 1 saturated heterocycles. The molecule has 1 aromatic rings. The molecule has 2 aliphatic heterocycles. The minimum atomic E-state index is -3.44. The number of pyridine rings is 1. The highest BCUT2D eigenvalue weighted by molar-refractivity contribution is 7.89. The fourth-order valence-electron chi connectivity index (χ4n) is 2.89. The molecule has 0 radical (unpaired) electrons. The minimum absolute atomic E-state index is 0.188. The first-order valence-electron chi connectivity index (χ1n) is 6.17. The van der Waals surface area contributed by atoms with E-state index in [1.165, 1.54) is 0 Å². The smallest absolute Gasteiger partial charge is 0.244 e. The molecule has 0 amide bonds. The van der Waals surface area contributed by atoms with E-state index >= 15 is 0 Å². The van der Waals surface area contributed by atoms with Gasteiger partial charge >= 0.3 is 0 Å². The van der Waals surface area contributed by atoms with Crippen LogP contribution in [0.15, 0.2) is 23.2 Å². The van der Waals surface area contributed by atoms with Crippen molar-refractivity contribution >= 4 is 15.8 Å². The van der Waals surface area contributed by atoms with Crippen molar-refractivity contribution in [1.82, 2.24) is 9.71 Å². The standard InChI is InChI=1S/C12H17N3O2S/c1-9-5-7-15-11-10(4-3-6-13-11)18(16,17)14-8-12(9,15)2/h3-4,6,9,14H,5,7-8H2,1-2H3/t9-,12-/m0/s1. The molecule has 1 N–H and O–H groups in total. The molecule has 0 unspecified atom stereocenters. The van der Waals surface area contributed by atoms with Crippen LogP contribution in [-0.4, -0.2) is 32.0 Å². The van der Waals surface area contributed by atoms with Crippen LogP contribution in [0.2, 0.25) is 0 Å². The molecule has 5 nitrogen and oxygen atoms in total. The van der Waals surface area contributed by atoms with Gasteiger partial charge < -0.3 is 4.90 Å². The molecule has 2 aliphatic rings. The fraction of sp³-hybridized carbons (Fsp3) is 0.583. The average Bonchev–Trinajstić information content (AvgIpc) is 2.60. The second-order valence-corrected chi connectivity index (χ2v) is 7.08. The Morgan fingerprint density at radius 3 is 3.11 bits per heavy atom. The Morgan fingerprint density at radius 1 is 1.56 bits per heavy atom. The van der Waals surface area contributed by atoms with Crippen molar-refractivity contribution in [3.63, 3.8) is 0 Å². The Morgan fingerprint density at radius 2 is 2.33 bits per heavy atom. The van der Waals surface area contributed by atoms with Gasteiger partial charge in [0.05, 0.1) is 5.54 Å². The maximum Gasteiger partial charge on any atom is 0.244 e. The van der Waals surface area contributed by atoms with Gasteiger partial charge in [-0.15, -0.1) is 0 Å². The summed E-state index contributed by atoms with van der Waals surface area (Å²) in [7, 11) is -3.44. The van der Waals surface area contributed by atoms with Crippen LogP contribution >= 0.6 is 0 Å². The molecule has 0 spiro atoms. The lowest BCUT2D eigenvalue weighted by molar-refractivity contribution is 0.359. The van der Waals surface area contributed by atoms with Gasteiger partial charge in [0.2, 0.25) is 10.0 Å². The predicted molar refractivity (Wildman–Crippen MR) is 69.0 cm³/mol. The van der Waals surface area contributed by atoms with Gasteiger partial charge in [-0.05, 0) is 31.4 Å². The lowest BCUT2D eigenvalue weighted by Gasteiger charge is -2.37.